The summed E-state index contributed by atoms with van der Waals surface area (Å²) >= 11 is 33.4. The van der Waals surface area contributed by atoms with Crippen LogP contribution >= 0.6 is 77.4 Å². The normalized spacial score (nSPS) is 22.8. The molecule has 2 rings (SSSR count). The molecule has 3 atom stereocenters. The second-order valence-electron chi connectivity index (χ2n) is 6.38. The number of phosphoric acid groups is 1. The summed E-state index contributed by atoms with van der Waals surface area (Å²) in [5.41, 5.74) is -1.13. The van der Waals surface area contributed by atoms with Crippen LogP contribution < -0.4 is 11.2 Å². The first-order valence-electron chi connectivity index (χ1n) is 8.37. The number of aromatic amines is 1. The monoisotopic (exact) mass is 584 g/mol. The van der Waals surface area contributed by atoms with Crippen LogP contribution in [0.3, 0.4) is 0 Å². The number of ether oxygens (including phenoxy) is 1. The van der Waals surface area contributed by atoms with Gasteiger partial charge >= 0.3 is 13.5 Å². The molecule has 1 N–H and O–H groups in total. The van der Waals surface area contributed by atoms with Crippen LogP contribution in [0.2, 0.25) is 0 Å². The van der Waals surface area contributed by atoms with E-state index in [-0.39, 0.29) is 12.0 Å². The van der Waals surface area contributed by atoms with E-state index < -0.39 is 65.0 Å². The first-order valence-corrected chi connectivity index (χ1v) is 12.1. The average Bonchev–Trinajstić information content (AvgIpc) is 2.99. The van der Waals surface area contributed by atoms with E-state index in [0.29, 0.717) is 0 Å². The summed E-state index contributed by atoms with van der Waals surface area (Å²) in [4.78, 5) is 25.6. The number of aryl methyl sites for hydroxylation is 1. The Bertz CT molecular complexity index is 911. The molecule has 0 saturated carbocycles. The van der Waals surface area contributed by atoms with Crippen molar-refractivity contribution in [2.24, 2.45) is 0 Å². The minimum atomic E-state index is -4.48. The van der Waals surface area contributed by atoms with Crippen LogP contribution in [0.15, 0.2) is 15.8 Å². The summed E-state index contributed by atoms with van der Waals surface area (Å²) < 4.78 is 44.7. The zero-order valence-corrected chi connectivity index (χ0v) is 21.0. The molecule has 1 aliphatic rings. The molecule has 0 aliphatic carbocycles. The summed E-state index contributed by atoms with van der Waals surface area (Å²) in [5.74, 6) is 0. The highest BCUT2D eigenvalue weighted by Gasteiger charge is 2.41. The third-order valence-corrected chi connectivity index (χ3v) is 5.80. The maximum atomic E-state index is 14.5. The summed E-state index contributed by atoms with van der Waals surface area (Å²) in [5, 5.41) is 0. The third kappa shape index (κ3) is 8.94. The van der Waals surface area contributed by atoms with Gasteiger partial charge in [-0.05, 0) is 6.92 Å². The van der Waals surface area contributed by atoms with Gasteiger partial charge in [-0.3, -0.25) is 27.9 Å². The van der Waals surface area contributed by atoms with Crippen LogP contribution in [0.4, 0.5) is 4.39 Å². The molecule has 0 bridgehead atoms. The smallest absolute Gasteiger partial charge is 0.349 e. The second kappa shape index (κ2) is 10.8. The summed E-state index contributed by atoms with van der Waals surface area (Å²) in [6.45, 7) is -0.592. The van der Waals surface area contributed by atoms with Crippen molar-refractivity contribution in [1.82, 2.24) is 9.55 Å². The number of halogens is 7. The molecule has 1 fully saturated rings. The van der Waals surface area contributed by atoms with Gasteiger partial charge in [0.25, 0.3) is 5.56 Å². The van der Waals surface area contributed by atoms with E-state index in [0.717, 1.165) is 4.57 Å². The predicted molar refractivity (Wildman–Crippen MR) is 116 cm³/mol. The number of alkyl halides is 7. The van der Waals surface area contributed by atoms with Crippen molar-refractivity contribution in [3.05, 3.63) is 32.6 Å². The molecule has 31 heavy (non-hydrogen) atoms. The Balaban J connectivity index is 2.08. The van der Waals surface area contributed by atoms with Gasteiger partial charge < -0.3 is 4.74 Å². The van der Waals surface area contributed by atoms with E-state index in [9.17, 15) is 18.5 Å². The van der Waals surface area contributed by atoms with Gasteiger partial charge in [0, 0.05) is 18.2 Å². The van der Waals surface area contributed by atoms with E-state index in [1.165, 1.54) is 13.1 Å². The highest BCUT2D eigenvalue weighted by molar-refractivity contribution is 7.48. The predicted octanol–water partition coefficient (Wildman–Crippen LogP) is 4.37. The van der Waals surface area contributed by atoms with E-state index in [1.54, 1.807) is 0 Å². The van der Waals surface area contributed by atoms with Crippen molar-refractivity contribution < 1.29 is 27.3 Å². The average molecular weight is 587 g/mol. The van der Waals surface area contributed by atoms with Crippen molar-refractivity contribution in [3.8, 4) is 0 Å². The van der Waals surface area contributed by atoms with Gasteiger partial charge in [0.05, 0.1) is 6.61 Å². The van der Waals surface area contributed by atoms with Crippen LogP contribution in [0, 0.1) is 6.92 Å². The van der Waals surface area contributed by atoms with Gasteiger partial charge in [0.2, 0.25) is 7.59 Å². The van der Waals surface area contributed by atoms with Gasteiger partial charge in [-0.1, -0.05) is 69.6 Å². The number of nitrogens with zero attached hydrogens (tertiary/aromatic N) is 1. The van der Waals surface area contributed by atoms with E-state index in [4.69, 9.17) is 87.9 Å². The fourth-order valence-corrected chi connectivity index (χ4v) is 4.43. The molecule has 1 aromatic heterocycles. The Kier molecular flexibility index (Phi) is 9.62. The first-order chi connectivity index (χ1) is 14.1. The zero-order chi connectivity index (χ0) is 23.6. The van der Waals surface area contributed by atoms with Crippen LogP contribution in [-0.2, 0) is 22.9 Å². The van der Waals surface area contributed by atoms with Crippen LogP contribution in [0.1, 0.15) is 18.2 Å². The van der Waals surface area contributed by atoms with Crippen LogP contribution in [0.25, 0.3) is 0 Å². The SMILES string of the molecule is Cc1cn([C@H]2C[C@H](F)[C@@H](COP(=O)(OCC(Cl)(Cl)Cl)OCC(Cl)(Cl)Cl)O2)c(=O)[nH]c1=O. The van der Waals surface area contributed by atoms with Gasteiger partial charge in [0.15, 0.2) is 0 Å². The molecule has 1 saturated heterocycles. The number of rotatable bonds is 8. The van der Waals surface area contributed by atoms with Crippen LogP contribution in [0.5, 0.6) is 0 Å². The van der Waals surface area contributed by atoms with Gasteiger partial charge in [0.1, 0.15) is 31.7 Å². The number of phosphoric ester groups is 1. The molecule has 178 valence electrons. The molecule has 0 spiro atoms. The lowest BCUT2D eigenvalue weighted by molar-refractivity contribution is -0.0383. The highest BCUT2D eigenvalue weighted by atomic mass is 35.6. The second-order valence-corrected chi connectivity index (χ2v) is 13.1. The lowest BCUT2D eigenvalue weighted by atomic mass is 10.2. The molecule has 17 heteroatoms. The Morgan fingerprint density at radius 3 is 2.23 bits per heavy atom. The minimum Gasteiger partial charge on any atom is -0.349 e. The van der Waals surface area contributed by atoms with Crippen molar-refractivity contribution in [1.29, 1.82) is 0 Å². The highest BCUT2D eigenvalue weighted by Crippen LogP contribution is 2.53. The summed E-state index contributed by atoms with van der Waals surface area (Å²) in [7, 11) is -4.48. The first kappa shape index (κ1) is 27.7. The molecule has 0 unspecified atom stereocenters. The minimum absolute atomic E-state index is 0.225. The van der Waals surface area contributed by atoms with E-state index >= 15 is 0 Å². The fourth-order valence-electron chi connectivity index (χ4n) is 2.39. The van der Waals surface area contributed by atoms with Gasteiger partial charge in [-0.2, -0.15) is 0 Å². The molecule has 9 nitrogen and oxygen atoms in total. The van der Waals surface area contributed by atoms with E-state index in [1.807, 2.05) is 0 Å². The van der Waals surface area contributed by atoms with Crippen molar-refractivity contribution in [2.75, 3.05) is 19.8 Å². The lowest BCUT2D eigenvalue weighted by Gasteiger charge is -2.23. The maximum absolute atomic E-state index is 14.5. The number of aromatic nitrogens is 2. The van der Waals surface area contributed by atoms with Crippen molar-refractivity contribution >= 4 is 77.4 Å². The maximum Gasteiger partial charge on any atom is 0.475 e. The van der Waals surface area contributed by atoms with Gasteiger partial charge in [-0.15, -0.1) is 0 Å². The molecule has 2 heterocycles. The third-order valence-electron chi connectivity index (χ3n) is 3.79. The Hall–Kier alpha value is 0.420. The summed E-state index contributed by atoms with van der Waals surface area (Å²) in [6, 6.07) is 0. The topological polar surface area (TPSA) is 109 Å². The number of hydrogen-bond donors (Lipinski definition) is 1. The number of H-pyrrole nitrogens is 1. The lowest BCUT2D eigenvalue weighted by Crippen LogP contribution is -2.33. The Labute approximate surface area is 205 Å². The Morgan fingerprint density at radius 1 is 1.16 bits per heavy atom. The molecule has 1 aliphatic heterocycles. The largest absolute Gasteiger partial charge is 0.475 e. The molecule has 0 amide bonds. The van der Waals surface area contributed by atoms with Crippen molar-refractivity contribution in [3.63, 3.8) is 0 Å². The molecule has 0 aromatic carbocycles. The van der Waals surface area contributed by atoms with Crippen LogP contribution in [-0.4, -0.2) is 49.2 Å². The van der Waals surface area contributed by atoms with Crippen molar-refractivity contribution in [2.45, 2.75) is 39.4 Å². The molecular weight excluding hydrogens is 571 g/mol. The number of nitrogens with one attached hydrogen (secondary N) is 1. The number of hydrogen-bond acceptors (Lipinski definition) is 7. The molecule has 0 radical (unpaired) electrons. The molecule has 1 aromatic rings. The van der Waals surface area contributed by atoms with Gasteiger partial charge in [-0.25, -0.2) is 13.8 Å². The molecular formula is C14H16Cl6FN2O7P. The zero-order valence-electron chi connectivity index (χ0n) is 15.5. The van der Waals surface area contributed by atoms with E-state index in [2.05, 4.69) is 4.98 Å². The fraction of sp³-hybridized carbons (Fsp3) is 0.714. The summed E-state index contributed by atoms with van der Waals surface area (Å²) in [6.07, 6.45) is -2.95. The Morgan fingerprint density at radius 2 is 1.71 bits per heavy atom. The quantitative estimate of drug-likeness (QED) is 0.356. The standard InChI is InChI=1S/C14H16Cl6FN2O7P/c1-7-3-23(12(25)22-11(7)24)10-2-8(21)9(30-10)4-27-31(26,28-5-13(15,16)17)29-6-14(18,19)20/h3,8-10H,2,4-6H2,1H3,(H,22,24,25)/t8-,9+,10+/m0/s1.